The number of hydrogen-bond acceptors (Lipinski definition) is 6. The highest BCUT2D eigenvalue weighted by Gasteiger charge is 2.27. The molecule has 1 fully saturated rings. The Morgan fingerprint density at radius 2 is 1.71 bits per heavy atom. The first-order valence-electron chi connectivity index (χ1n) is 10.8. The molecule has 10 heteroatoms. The standard InChI is InChI=1S/C24H23ClN2O5S2/c1-2-32-24(29)21-20(16-5-9-18(25)10-6-16)15-33-23(21)26-22(28)17-7-11-19(12-8-17)34(30,31)27-13-3-4-14-27/h5-12,15H,2-4,13-14H2,1H3,(H,26,28). The Balaban J connectivity index is 1.59. The molecular weight excluding hydrogens is 496 g/mol. The van der Waals surface area contributed by atoms with Gasteiger partial charge in [0.15, 0.2) is 0 Å². The number of nitrogens with one attached hydrogen (secondary N) is 1. The van der Waals surface area contributed by atoms with E-state index in [2.05, 4.69) is 5.32 Å². The summed E-state index contributed by atoms with van der Waals surface area (Å²) < 4.78 is 32.1. The van der Waals surface area contributed by atoms with Crippen LogP contribution in [-0.4, -0.2) is 44.3 Å². The number of carbonyl (C=O) groups excluding carboxylic acids is 2. The van der Waals surface area contributed by atoms with Crippen molar-refractivity contribution in [2.45, 2.75) is 24.7 Å². The van der Waals surface area contributed by atoms with Gasteiger partial charge in [-0.25, -0.2) is 13.2 Å². The Morgan fingerprint density at radius 3 is 2.32 bits per heavy atom. The molecule has 2 aromatic carbocycles. The number of carbonyl (C=O) groups is 2. The zero-order valence-electron chi connectivity index (χ0n) is 18.4. The SMILES string of the molecule is CCOC(=O)c1c(-c2ccc(Cl)cc2)csc1NC(=O)c1ccc(S(=O)(=O)N2CCCC2)cc1. The molecule has 178 valence electrons. The van der Waals surface area contributed by atoms with Gasteiger partial charge in [0.25, 0.3) is 5.91 Å². The van der Waals surface area contributed by atoms with Gasteiger partial charge in [0.05, 0.1) is 11.5 Å². The van der Waals surface area contributed by atoms with Crippen molar-refractivity contribution in [2.24, 2.45) is 0 Å². The van der Waals surface area contributed by atoms with Gasteiger partial charge in [-0.05, 0) is 61.7 Å². The van der Waals surface area contributed by atoms with E-state index in [1.807, 2.05) is 0 Å². The Bertz CT molecular complexity index is 1300. The topological polar surface area (TPSA) is 92.8 Å². The van der Waals surface area contributed by atoms with Crippen molar-refractivity contribution in [3.63, 3.8) is 0 Å². The maximum atomic E-state index is 12.9. The molecule has 0 unspecified atom stereocenters. The second-order valence-electron chi connectivity index (χ2n) is 7.67. The zero-order valence-corrected chi connectivity index (χ0v) is 20.8. The number of benzene rings is 2. The van der Waals surface area contributed by atoms with Gasteiger partial charge in [0.2, 0.25) is 10.0 Å². The number of halogens is 1. The second kappa shape index (κ2) is 10.3. The molecule has 0 atom stereocenters. The van der Waals surface area contributed by atoms with Crippen LogP contribution >= 0.6 is 22.9 Å². The first kappa shape index (κ1) is 24.4. The van der Waals surface area contributed by atoms with Crippen LogP contribution in [0.2, 0.25) is 5.02 Å². The fourth-order valence-corrected chi connectivity index (χ4v) is 6.32. The Labute approximate surface area is 207 Å². The van der Waals surface area contributed by atoms with Crippen LogP contribution in [0.15, 0.2) is 58.8 Å². The fraction of sp³-hybridized carbons (Fsp3) is 0.250. The van der Waals surface area contributed by atoms with Crippen molar-refractivity contribution in [3.05, 3.63) is 70.1 Å². The van der Waals surface area contributed by atoms with E-state index in [4.69, 9.17) is 16.3 Å². The Kier molecular flexibility index (Phi) is 7.37. The Morgan fingerprint density at radius 1 is 1.06 bits per heavy atom. The molecule has 0 aliphatic carbocycles. The monoisotopic (exact) mass is 518 g/mol. The molecule has 1 aromatic heterocycles. The van der Waals surface area contributed by atoms with Gasteiger partial charge in [-0.2, -0.15) is 4.31 Å². The van der Waals surface area contributed by atoms with Crippen molar-refractivity contribution in [3.8, 4) is 11.1 Å². The van der Waals surface area contributed by atoms with Crippen molar-refractivity contribution in [1.82, 2.24) is 4.31 Å². The second-order valence-corrected chi connectivity index (χ2v) is 10.9. The molecule has 0 radical (unpaired) electrons. The van der Waals surface area contributed by atoms with Crippen molar-refractivity contribution < 1.29 is 22.7 Å². The number of rotatable bonds is 7. The molecule has 1 aliphatic heterocycles. The molecule has 34 heavy (non-hydrogen) atoms. The molecule has 1 saturated heterocycles. The minimum Gasteiger partial charge on any atom is -0.462 e. The highest BCUT2D eigenvalue weighted by Crippen LogP contribution is 2.37. The third kappa shape index (κ3) is 5.02. The third-order valence-electron chi connectivity index (χ3n) is 5.47. The van der Waals surface area contributed by atoms with E-state index >= 15 is 0 Å². The molecule has 4 rings (SSSR count). The maximum absolute atomic E-state index is 12.9. The van der Waals surface area contributed by atoms with Crippen molar-refractivity contribution >= 4 is 49.8 Å². The number of anilines is 1. The minimum atomic E-state index is -3.56. The number of nitrogens with zero attached hydrogens (tertiary/aromatic N) is 1. The normalized spacial score (nSPS) is 14.2. The maximum Gasteiger partial charge on any atom is 0.341 e. The van der Waals surface area contributed by atoms with Crippen molar-refractivity contribution in [2.75, 3.05) is 25.0 Å². The molecule has 0 bridgehead atoms. The summed E-state index contributed by atoms with van der Waals surface area (Å²) in [6.45, 7) is 2.92. The van der Waals surface area contributed by atoms with Crippen LogP contribution in [0, 0.1) is 0 Å². The van der Waals surface area contributed by atoms with Gasteiger partial charge in [0, 0.05) is 34.6 Å². The lowest BCUT2D eigenvalue weighted by atomic mass is 10.0. The summed E-state index contributed by atoms with van der Waals surface area (Å²) >= 11 is 7.19. The van der Waals surface area contributed by atoms with Crippen LogP contribution in [0.5, 0.6) is 0 Å². The zero-order chi connectivity index (χ0) is 24.3. The molecule has 1 amide bonds. The molecular formula is C24H23ClN2O5S2. The first-order chi connectivity index (χ1) is 16.3. The highest BCUT2D eigenvalue weighted by atomic mass is 35.5. The van der Waals surface area contributed by atoms with Crippen LogP contribution in [0.25, 0.3) is 11.1 Å². The average molecular weight is 519 g/mol. The van der Waals surface area contributed by atoms with Crippen LogP contribution < -0.4 is 5.32 Å². The lowest BCUT2D eigenvalue weighted by Gasteiger charge is -2.15. The molecule has 3 aromatic rings. The van der Waals surface area contributed by atoms with Gasteiger partial charge in [0.1, 0.15) is 10.6 Å². The summed E-state index contributed by atoms with van der Waals surface area (Å²) in [4.78, 5) is 25.8. The molecule has 0 saturated carbocycles. The molecule has 0 spiro atoms. The van der Waals surface area contributed by atoms with E-state index in [9.17, 15) is 18.0 Å². The van der Waals surface area contributed by atoms with Crippen molar-refractivity contribution in [1.29, 1.82) is 0 Å². The lowest BCUT2D eigenvalue weighted by Crippen LogP contribution is -2.27. The summed E-state index contributed by atoms with van der Waals surface area (Å²) in [5, 5.41) is 5.47. The highest BCUT2D eigenvalue weighted by molar-refractivity contribution is 7.89. The number of sulfonamides is 1. The van der Waals surface area contributed by atoms with E-state index in [1.54, 1.807) is 36.6 Å². The Hall–Kier alpha value is -2.72. The quantitative estimate of drug-likeness (QED) is 0.429. The average Bonchev–Trinajstić information content (AvgIpc) is 3.51. The van der Waals surface area contributed by atoms with Crippen LogP contribution in [-0.2, 0) is 14.8 Å². The molecule has 2 heterocycles. The first-order valence-corrected chi connectivity index (χ1v) is 13.5. The number of hydrogen-bond donors (Lipinski definition) is 1. The van der Waals surface area contributed by atoms with Gasteiger partial charge in [-0.1, -0.05) is 23.7 Å². The molecule has 7 nitrogen and oxygen atoms in total. The van der Waals surface area contributed by atoms with E-state index in [0.717, 1.165) is 18.4 Å². The van der Waals surface area contributed by atoms with E-state index in [1.165, 1.54) is 39.9 Å². The van der Waals surface area contributed by atoms with Gasteiger partial charge in [-0.15, -0.1) is 11.3 Å². The van der Waals surface area contributed by atoms with E-state index in [-0.39, 0.29) is 22.6 Å². The number of ether oxygens (including phenoxy) is 1. The molecule has 1 aliphatic rings. The minimum absolute atomic E-state index is 0.152. The van der Waals surface area contributed by atoms with Gasteiger partial charge in [-0.3, -0.25) is 4.79 Å². The lowest BCUT2D eigenvalue weighted by molar-refractivity contribution is 0.0529. The van der Waals surface area contributed by atoms with Crippen LogP contribution in [0.3, 0.4) is 0 Å². The van der Waals surface area contributed by atoms with Crippen LogP contribution in [0.4, 0.5) is 5.00 Å². The number of amides is 1. The van der Waals surface area contributed by atoms with E-state index < -0.39 is 21.9 Å². The predicted octanol–water partition coefficient (Wildman–Crippen LogP) is 5.28. The van der Waals surface area contributed by atoms with Crippen LogP contribution in [0.1, 0.15) is 40.5 Å². The summed E-state index contributed by atoms with van der Waals surface area (Å²) in [7, 11) is -3.56. The fourth-order valence-electron chi connectivity index (χ4n) is 3.73. The smallest absolute Gasteiger partial charge is 0.341 e. The van der Waals surface area contributed by atoms with Gasteiger partial charge < -0.3 is 10.1 Å². The molecule has 1 N–H and O–H groups in total. The number of thiophene rings is 1. The summed E-state index contributed by atoms with van der Waals surface area (Å²) in [6.07, 6.45) is 1.70. The summed E-state index contributed by atoms with van der Waals surface area (Å²) in [5.74, 6) is -1.00. The van der Waals surface area contributed by atoms with Gasteiger partial charge >= 0.3 is 5.97 Å². The summed E-state index contributed by atoms with van der Waals surface area (Å²) in [6, 6.07) is 12.8. The summed E-state index contributed by atoms with van der Waals surface area (Å²) in [5.41, 5.74) is 1.93. The predicted molar refractivity (Wildman–Crippen MR) is 133 cm³/mol. The number of esters is 1. The third-order valence-corrected chi connectivity index (χ3v) is 8.53. The van der Waals surface area contributed by atoms with E-state index in [0.29, 0.717) is 28.7 Å². The largest absolute Gasteiger partial charge is 0.462 e.